The van der Waals surface area contributed by atoms with Gasteiger partial charge in [0.1, 0.15) is 0 Å². The first-order valence-electron chi connectivity index (χ1n) is 5.91. The molecule has 4 heteroatoms. The average molecular weight is 212 g/mol. The van der Waals surface area contributed by atoms with Crippen LogP contribution in [-0.2, 0) is 4.74 Å². The fourth-order valence-electron chi connectivity index (χ4n) is 2.19. The van der Waals surface area contributed by atoms with E-state index < -0.39 is 0 Å². The molecule has 1 aliphatic carbocycles. The van der Waals surface area contributed by atoms with Gasteiger partial charge < -0.3 is 15.4 Å². The third-order valence-electron chi connectivity index (χ3n) is 3.48. The number of carbonyl (C=O) groups is 1. The molecule has 1 spiro atoms. The lowest BCUT2D eigenvalue weighted by molar-refractivity contribution is 0.138. The molecule has 2 rings (SSSR count). The maximum absolute atomic E-state index is 11.4. The van der Waals surface area contributed by atoms with Gasteiger partial charge >= 0.3 is 6.09 Å². The van der Waals surface area contributed by atoms with Crippen LogP contribution >= 0.6 is 0 Å². The summed E-state index contributed by atoms with van der Waals surface area (Å²) in [5.41, 5.74) is 0.365. The molecule has 4 nitrogen and oxygen atoms in total. The number of rotatable bonds is 4. The highest BCUT2D eigenvalue weighted by Gasteiger charge is 2.52. The topological polar surface area (TPSA) is 50.4 Å². The van der Waals surface area contributed by atoms with E-state index in [1.165, 1.54) is 12.8 Å². The predicted octanol–water partition coefficient (Wildman–Crippen LogP) is 1.26. The van der Waals surface area contributed by atoms with Gasteiger partial charge in [-0.15, -0.1) is 0 Å². The summed E-state index contributed by atoms with van der Waals surface area (Å²) in [6.07, 6.45) is 4.23. The van der Waals surface area contributed by atoms with Gasteiger partial charge in [-0.1, -0.05) is 13.3 Å². The number of hydrogen-bond acceptors (Lipinski definition) is 3. The lowest BCUT2D eigenvalue weighted by Gasteiger charge is -2.18. The summed E-state index contributed by atoms with van der Waals surface area (Å²) in [6, 6.07) is 0.284. The van der Waals surface area contributed by atoms with Crippen molar-refractivity contribution in [3.63, 3.8) is 0 Å². The lowest BCUT2D eigenvalue weighted by atomic mass is 10.0. The van der Waals surface area contributed by atoms with Gasteiger partial charge in [-0.3, -0.25) is 0 Å². The third kappa shape index (κ3) is 2.43. The first kappa shape index (κ1) is 10.7. The first-order valence-corrected chi connectivity index (χ1v) is 5.91. The maximum atomic E-state index is 11.4. The van der Waals surface area contributed by atoms with Gasteiger partial charge in [-0.25, -0.2) is 4.79 Å². The van der Waals surface area contributed by atoms with Crippen molar-refractivity contribution in [1.82, 2.24) is 10.6 Å². The van der Waals surface area contributed by atoms with Crippen molar-refractivity contribution < 1.29 is 9.53 Å². The van der Waals surface area contributed by atoms with Crippen molar-refractivity contribution in [2.75, 3.05) is 19.7 Å². The van der Waals surface area contributed by atoms with Gasteiger partial charge in [0.05, 0.1) is 12.6 Å². The quantitative estimate of drug-likeness (QED) is 0.690. The Labute approximate surface area is 90.8 Å². The Balaban J connectivity index is 1.70. The highest BCUT2D eigenvalue weighted by atomic mass is 16.5. The summed E-state index contributed by atoms with van der Waals surface area (Å²) >= 11 is 0. The molecule has 1 amide bonds. The van der Waals surface area contributed by atoms with Crippen molar-refractivity contribution in [1.29, 1.82) is 0 Å². The van der Waals surface area contributed by atoms with Gasteiger partial charge in [0, 0.05) is 18.5 Å². The smallest absolute Gasteiger partial charge is 0.407 e. The molecule has 1 unspecified atom stereocenters. The van der Waals surface area contributed by atoms with Gasteiger partial charge in [-0.05, 0) is 19.3 Å². The number of amides is 1. The van der Waals surface area contributed by atoms with Crippen LogP contribution in [0, 0.1) is 5.41 Å². The molecule has 0 aromatic heterocycles. The van der Waals surface area contributed by atoms with Crippen LogP contribution in [0.4, 0.5) is 4.79 Å². The fraction of sp³-hybridized carbons (Fsp3) is 0.909. The highest BCUT2D eigenvalue weighted by molar-refractivity contribution is 5.68. The van der Waals surface area contributed by atoms with E-state index in [2.05, 4.69) is 17.6 Å². The minimum atomic E-state index is -0.247. The molecule has 1 atom stereocenters. The number of unbranched alkanes of at least 4 members (excludes halogenated alkanes) is 1. The summed E-state index contributed by atoms with van der Waals surface area (Å²) in [6.45, 7) is 4.56. The van der Waals surface area contributed by atoms with Crippen LogP contribution < -0.4 is 10.6 Å². The standard InChI is InChI=1S/C11H20N2O2/c1-2-3-6-15-10(14)13-9-7-12-8-11(9)4-5-11/h9,12H,2-8H2,1H3,(H,13,14). The van der Waals surface area contributed by atoms with Crippen LogP contribution in [-0.4, -0.2) is 31.8 Å². The third-order valence-corrected chi connectivity index (χ3v) is 3.48. The molecular formula is C11H20N2O2. The Morgan fingerprint density at radius 2 is 2.40 bits per heavy atom. The van der Waals surface area contributed by atoms with Crippen molar-refractivity contribution >= 4 is 6.09 Å². The fourth-order valence-corrected chi connectivity index (χ4v) is 2.19. The Kier molecular flexibility index (Phi) is 3.14. The second kappa shape index (κ2) is 4.39. The summed E-state index contributed by atoms with van der Waals surface area (Å²) in [5.74, 6) is 0. The molecule has 2 aliphatic rings. The van der Waals surface area contributed by atoms with E-state index in [-0.39, 0.29) is 12.1 Å². The zero-order chi connectivity index (χ0) is 10.7. The molecule has 1 saturated carbocycles. The molecule has 15 heavy (non-hydrogen) atoms. The zero-order valence-electron chi connectivity index (χ0n) is 9.34. The molecule has 0 radical (unpaired) electrons. The van der Waals surface area contributed by atoms with E-state index in [1.807, 2.05) is 0 Å². The number of hydrogen-bond donors (Lipinski definition) is 2. The van der Waals surface area contributed by atoms with E-state index in [9.17, 15) is 4.79 Å². The highest BCUT2D eigenvalue weighted by Crippen LogP contribution is 2.50. The van der Waals surface area contributed by atoms with Crippen LogP contribution in [0.2, 0.25) is 0 Å². The Morgan fingerprint density at radius 1 is 1.60 bits per heavy atom. The van der Waals surface area contributed by atoms with Crippen LogP contribution in [0.5, 0.6) is 0 Å². The van der Waals surface area contributed by atoms with Gasteiger partial charge in [0.15, 0.2) is 0 Å². The number of nitrogens with one attached hydrogen (secondary N) is 2. The molecule has 2 N–H and O–H groups in total. The Hall–Kier alpha value is -0.770. The summed E-state index contributed by atoms with van der Waals surface area (Å²) in [7, 11) is 0. The monoisotopic (exact) mass is 212 g/mol. The van der Waals surface area contributed by atoms with Crippen LogP contribution in [0.3, 0.4) is 0 Å². The summed E-state index contributed by atoms with van der Waals surface area (Å²) in [5, 5.41) is 6.29. The van der Waals surface area contributed by atoms with E-state index in [1.54, 1.807) is 0 Å². The Morgan fingerprint density at radius 3 is 3.07 bits per heavy atom. The van der Waals surface area contributed by atoms with E-state index in [4.69, 9.17) is 4.74 Å². The molecule has 0 aromatic rings. The number of ether oxygens (including phenoxy) is 1. The summed E-state index contributed by atoms with van der Waals surface area (Å²) < 4.78 is 5.09. The van der Waals surface area contributed by atoms with Crippen molar-refractivity contribution in [2.45, 2.75) is 38.6 Å². The molecular weight excluding hydrogens is 192 g/mol. The normalized spacial score (nSPS) is 26.6. The van der Waals surface area contributed by atoms with E-state index >= 15 is 0 Å². The molecule has 1 saturated heterocycles. The molecule has 86 valence electrons. The second-order valence-electron chi connectivity index (χ2n) is 4.68. The van der Waals surface area contributed by atoms with Crippen LogP contribution in [0.25, 0.3) is 0 Å². The van der Waals surface area contributed by atoms with Crippen molar-refractivity contribution in [3.05, 3.63) is 0 Å². The molecule has 2 fully saturated rings. The van der Waals surface area contributed by atoms with Gasteiger partial charge in [0.2, 0.25) is 0 Å². The molecule has 0 bridgehead atoms. The molecule has 0 aromatic carbocycles. The maximum Gasteiger partial charge on any atom is 0.407 e. The number of alkyl carbamates (subject to hydrolysis) is 1. The second-order valence-corrected chi connectivity index (χ2v) is 4.68. The van der Waals surface area contributed by atoms with Gasteiger partial charge in [-0.2, -0.15) is 0 Å². The lowest BCUT2D eigenvalue weighted by Crippen LogP contribution is -2.41. The first-order chi connectivity index (χ1) is 7.27. The van der Waals surface area contributed by atoms with Crippen LogP contribution in [0.1, 0.15) is 32.6 Å². The Bertz CT molecular complexity index is 239. The largest absolute Gasteiger partial charge is 0.450 e. The number of carbonyl (C=O) groups excluding carboxylic acids is 1. The molecule has 1 aliphatic heterocycles. The minimum absolute atomic E-state index is 0.247. The molecule has 1 heterocycles. The van der Waals surface area contributed by atoms with E-state index in [0.717, 1.165) is 25.9 Å². The van der Waals surface area contributed by atoms with Crippen molar-refractivity contribution in [3.8, 4) is 0 Å². The SMILES string of the molecule is CCCCOC(=O)NC1CNCC12CC2. The average Bonchev–Trinajstić information content (AvgIpc) is 2.87. The zero-order valence-corrected chi connectivity index (χ0v) is 9.34. The minimum Gasteiger partial charge on any atom is -0.450 e. The predicted molar refractivity (Wildman–Crippen MR) is 57.7 cm³/mol. The summed E-state index contributed by atoms with van der Waals surface area (Å²) in [4.78, 5) is 11.4. The van der Waals surface area contributed by atoms with E-state index in [0.29, 0.717) is 12.0 Å². The van der Waals surface area contributed by atoms with Crippen LogP contribution in [0.15, 0.2) is 0 Å². The van der Waals surface area contributed by atoms with Crippen molar-refractivity contribution in [2.24, 2.45) is 5.41 Å². The van der Waals surface area contributed by atoms with Gasteiger partial charge in [0.25, 0.3) is 0 Å².